The van der Waals surface area contributed by atoms with Crippen molar-refractivity contribution in [2.45, 2.75) is 31.8 Å². The summed E-state index contributed by atoms with van der Waals surface area (Å²) in [6.07, 6.45) is 2.85. The Bertz CT molecular complexity index is 535. The van der Waals surface area contributed by atoms with Crippen LogP contribution in [-0.2, 0) is 22.5 Å². The zero-order valence-corrected chi connectivity index (χ0v) is 13.9. The molecule has 2 aliphatic rings. The molecule has 1 atom stereocenters. The van der Waals surface area contributed by atoms with Crippen molar-refractivity contribution in [1.82, 2.24) is 16.0 Å². The number of rotatable bonds is 5. The van der Waals surface area contributed by atoms with Gasteiger partial charge in [-0.2, -0.15) is 0 Å². The van der Waals surface area contributed by atoms with Gasteiger partial charge in [0.15, 0.2) is 0 Å². The molecule has 1 saturated heterocycles. The first-order chi connectivity index (χ1) is 11.2. The van der Waals surface area contributed by atoms with Gasteiger partial charge in [-0.1, -0.05) is 24.3 Å². The first kappa shape index (κ1) is 16.4. The van der Waals surface area contributed by atoms with Crippen molar-refractivity contribution < 1.29 is 9.53 Å². The Balaban J connectivity index is 1.57. The van der Waals surface area contributed by atoms with E-state index >= 15 is 0 Å². The largest absolute Gasteiger partial charge is 0.384 e. The fourth-order valence-electron chi connectivity index (χ4n) is 3.67. The van der Waals surface area contributed by atoms with Gasteiger partial charge in [0.25, 0.3) is 0 Å². The molecule has 2 aliphatic heterocycles. The SMILES string of the molecule is COCC1(CNC(=O)C2Cc3ccccc3CN2)CCNCC1. The van der Waals surface area contributed by atoms with Crippen LogP contribution in [0.3, 0.4) is 0 Å². The molecule has 1 aromatic carbocycles. The van der Waals surface area contributed by atoms with Crippen LogP contribution in [0.1, 0.15) is 24.0 Å². The van der Waals surface area contributed by atoms with E-state index in [1.165, 1.54) is 11.1 Å². The van der Waals surface area contributed by atoms with Gasteiger partial charge in [-0.05, 0) is 43.5 Å². The highest BCUT2D eigenvalue weighted by Crippen LogP contribution is 2.28. The number of nitrogens with one attached hydrogen (secondary N) is 3. The molecule has 1 fully saturated rings. The average Bonchev–Trinajstić information content (AvgIpc) is 2.60. The van der Waals surface area contributed by atoms with Crippen LogP contribution < -0.4 is 16.0 Å². The number of hydrogen-bond acceptors (Lipinski definition) is 4. The maximum Gasteiger partial charge on any atom is 0.237 e. The second kappa shape index (κ2) is 7.43. The highest BCUT2D eigenvalue weighted by atomic mass is 16.5. The molecule has 0 bridgehead atoms. The zero-order valence-electron chi connectivity index (χ0n) is 13.9. The molecule has 3 rings (SSSR count). The molecule has 0 saturated carbocycles. The summed E-state index contributed by atoms with van der Waals surface area (Å²) in [5.41, 5.74) is 2.65. The van der Waals surface area contributed by atoms with Crippen molar-refractivity contribution in [2.24, 2.45) is 5.41 Å². The van der Waals surface area contributed by atoms with Crippen LogP contribution in [-0.4, -0.2) is 45.3 Å². The highest BCUT2D eigenvalue weighted by molar-refractivity contribution is 5.82. The Hall–Kier alpha value is -1.43. The number of ether oxygens (including phenoxy) is 1. The minimum atomic E-state index is -0.133. The molecule has 23 heavy (non-hydrogen) atoms. The molecule has 0 spiro atoms. The number of amides is 1. The molecule has 0 aliphatic carbocycles. The van der Waals surface area contributed by atoms with Crippen molar-refractivity contribution in [3.63, 3.8) is 0 Å². The molecule has 3 N–H and O–H groups in total. The first-order valence-electron chi connectivity index (χ1n) is 8.50. The quantitative estimate of drug-likeness (QED) is 0.753. The van der Waals surface area contributed by atoms with Crippen molar-refractivity contribution in [3.05, 3.63) is 35.4 Å². The van der Waals surface area contributed by atoms with Gasteiger partial charge in [-0.25, -0.2) is 0 Å². The summed E-state index contributed by atoms with van der Waals surface area (Å²) < 4.78 is 5.41. The molecule has 126 valence electrons. The molecular formula is C18H27N3O2. The van der Waals surface area contributed by atoms with Crippen LogP contribution in [0, 0.1) is 5.41 Å². The van der Waals surface area contributed by atoms with Gasteiger partial charge in [-0.15, -0.1) is 0 Å². The molecular weight excluding hydrogens is 290 g/mol. The summed E-state index contributed by atoms with van der Waals surface area (Å²) in [6, 6.07) is 8.20. The van der Waals surface area contributed by atoms with Gasteiger partial charge in [0, 0.05) is 25.6 Å². The minimum absolute atomic E-state index is 0.0717. The van der Waals surface area contributed by atoms with Crippen molar-refractivity contribution in [1.29, 1.82) is 0 Å². The second-order valence-corrected chi connectivity index (χ2v) is 6.81. The molecule has 5 nitrogen and oxygen atoms in total. The van der Waals surface area contributed by atoms with Gasteiger partial charge in [0.1, 0.15) is 0 Å². The Kier molecular flexibility index (Phi) is 5.30. The maximum atomic E-state index is 12.6. The lowest BCUT2D eigenvalue weighted by Crippen LogP contribution is -2.52. The van der Waals surface area contributed by atoms with E-state index in [0.717, 1.165) is 38.9 Å². The molecule has 0 aromatic heterocycles. The monoisotopic (exact) mass is 317 g/mol. The zero-order chi connectivity index (χ0) is 16.1. The van der Waals surface area contributed by atoms with E-state index in [1.54, 1.807) is 7.11 Å². The van der Waals surface area contributed by atoms with E-state index < -0.39 is 0 Å². The Morgan fingerprint density at radius 1 is 1.30 bits per heavy atom. The summed E-state index contributed by atoms with van der Waals surface area (Å²) in [5, 5.41) is 9.90. The number of benzene rings is 1. The predicted octanol–water partition coefficient (Wildman–Crippen LogP) is 0.833. The summed E-state index contributed by atoms with van der Waals surface area (Å²) in [4.78, 5) is 12.6. The summed E-state index contributed by atoms with van der Waals surface area (Å²) in [6.45, 7) is 4.15. The topological polar surface area (TPSA) is 62.4 Å². The Morgan fingerprint density at radius 2 is 2.04 bits per heavy atom. The van der Waals surface area contributed by atoms with Crippen molar-refractivity contribution >= 4 is 5.91 Å². The lowest BCUT2D eigenvalue weighted by atomic mass is 9.79. The van der Waals surface area contributed by atoms with Crippen LogP contribution in [0.2, 0.25) is 0 Å². The lowest BCUT2D eigenvalue weighted by molar-refractivity contribution is -0.124. The maximum absolute atomic E-state index is 12.6. The number of carbonyl (C=O) groups is 1. The van der Waals surface area contributed by atoms with E-state index in [2.05, 4.69) is 28.1 Å². The van der Waals surface area contributed by atoms with Crippen LogP contribution in [0.15, 0.2) is 24.3 Å². The average molecular weight is 317 g/mol. The molecule has 1 amide bonds. The third-order valence-electron chi connectivity index (χ3n) is 5.15. The summed E-state index contributed by atoms with van der Waals surface area (Å²) in [7, 11) is 1.74. The third-order valence-corrected chi connectivity index (χ3v) is 5.15. The summed E-state index contributed by atoms with van der Waals surface area (Å²) >= 11 is 0. The van der Waals surface area contributed by atoms with Gasteiger partial charge in [0.05, 0.1) is 12.6 Å². The summed E-state index contributed by atoms with van der Waals surface area (Å²) in [5.74, 6) is 0.105. The number of piperidine rings is 1. The molecule has 1 unspecified atom stereocenters. The second-order valence-electron chi connectivity index (χ2n) is 6.81. The Labute approximate surface area is 138 Å². The fraction of sp³-hybridized carbons (Fsp3) is 0.611. The van der Waals surface area contributed by atoms with E-state index in [0.29, 0.717) is 13.2 Å². The van der Waals surface area contributed by atoms with Crippen molar-refractivity contribution in [2.75, 3.05) is 33.4 Å². The third kappa shape index (κ3) is 3.91. The van der Waals surface area contributed by atoms with Gasteiger partial charge >= 0.3 is 0 Å². The molecule has 5 heteroatoms. The lowest BCUT2D eigenvalue weighted by Gasteiger charge is -2.37. The number of hydrogen-bond donors (Lipinski definition) is 3. The smallest absolute Gasteiger partial charge is 0.237 e. The standard InChI is InChI=1S/C18H27N3O2/c1-23-13-18(6-8-19-9-7-18)12-21-17(22)16-10-14-4-2-3-5-15(14)11-20-16/h2-5,16,19-20H,6-13H2,1H3,(H,21,22). The minimum Gasteiger partial charge on any atom is -0.384 e. The number of methoxy groups -OCH3 is 1. The van der Waals surface area contributed by atoms with E-state index in [9.17, 15) is 4.79 Å². The highest BCUT2D eigenvalue weighted by Gasteiger charge is 2.33. The van der Waals surface area contributed by atoms with Crippen LogP contribution in [0.25, 0.3) is 0 Å². The molecule has 1 aromatic rings. The molecule has 0 radical (unpaired) electrons. The van der Waals surface area contributed by atoms with Gasteiger partial charge in [0.2, 0.25) is 5.91 Å². The number of carbonyl (C=O) groups excluding carboxylic acids is 1. The van der Waals surface area contributed by atoms with Crippen LogP contribution >= 0.6 is 0 Å². The van der Waals surface area contributed by atoms with E-state index in [-0.39, 0.29) is 17.4 Å². The van der Waals surface area contributed by atoms with Gasteiger partial charge in [-0.3, -0.25) is 4.79 Å². The van der Waals surface area contributed by atoms with E-state index in [1.807, 2.05) is 12.1 Å². The number of fused-ring (bicyclic) bond motifs is 1. The van der Waals surface area contributed by atoms with Crippen LogP contribution in [0.5, 0.6) is 0 Å². The Morgan fingerprint density at radius 3 is 2.78 bits per heavy atom. The van der Waals surface area contributed by atoms with Gasteiger partial charge < -0.3 is 20.7 Å². The van der Waals surface area contributed by atoms with E-state index in [4.69, 9.17) is 4.74 Å². The normalized spacial score (nSPS) is 23.1. The fourth-order valence-corrected chi connectivity index (χ4v) is 3.67. The predicted molar refractivity (Wildman–Crippen MR) is 90.2 cm³/mol. The van der Waals surface area contributed by atoms with Crippen LogP contribution in [0.4, 0.5) is 0 Å². The van der Waals surface area contributed by atoms with Crippen molar-refractivity contribution in [3.8, 4) is 0 Å². The first-order valence-corrected chi connectivity index (χ1v) is 8.50. The molecule has 2 heterocycles.